The number of carbonyl (C=O) groups excluding carboxylic acids is 1. The topological polar surface area (TPSA) is 44.8 Å². The van der Waals surface area contributed by atoms with Gasteiger partial charge in [-0.05, 0) is 12.2 Å². The molecule has 0 bridgehead atoms. The van der Waals surface area contributed by atoms with Gasteiger partial charge in [-0.15, -0.1) is 5.12 Å². The summed E-state index contributed by atoms with van der Waals surface area (Å²) in [6.45, 7) is 6.53. The molecule has 1 unspecified atom stereocenters. The maximum absolute atomic E-state index is 11.0. The highest BCUT2D eigenvalue weighted by Gasteiger charge is 2.21. The molecule has 19 heavy (non-hydrogen) atoms. The minimum absolute atomic E-state index is 0.00609. The van der Waals surface area contributed by atoms with Gasteiger partial charge in [0.1, 0.15) is 6.10 Å². The Morgan fingerprint density at radius 1 is 1.53 bits per heavy atom. The zero-order chi connectivity index (χ0) is 14.3. The van der Waals surface area contributed by atoms with Crippen LogP contribution in [-0.4, -0.2) is 47.3 Å². The molecule has 1 atom stereocenters. The standard InChI is InChI=1S/C13H25N3O2S/c1-5-13(18-11(3)17)7-8-16-12(10-19-6-2)9-14-15(16)4/h9,13-14H,5-8,10H2,1-4H3. The van der Waals surface area contributed by atoms with E-state index in [1.54, 1.807) is 0 Å². The first-order valence-corrected chi connectivity index (χ1v) is 7.95. The van der Waals surface area contributed by atoms with E-state index in [1.807, 2.05) is 37.1 Å². The molecule has 5 nitrogen and oxygen atoms in total. The van der Waals surface area contributed by atoms with E-state index >= 15 is 0 Å². The van der Waals surface area contributed by atoms with E-state index in [0.29, 0.717) is 0 Å². The molecule has 0 radical (unpaired) electrons. The van der Waals surface area contributed by atoms with Gasteiger partial charge in [-0.2, -0.15) is 11.8 Å². The van der Waals surface area contributed by atoms with Crippen LogP contribution in [0.5, 0.6) is 0 Å². The lowest BCUT2D eigenvalue weighted by molar-refractivity contribution is -0.147. The molecule has 0 aromatic rings. The Morgan fingerprint density at radius 2 is 2.26 bits per heavy atom. The van der Waals surface area contributed by atoms with Crippen LogP contribution in [0.15, 0.2) is 11.9 Å². The van der Waals surface area contributed by atoms with Crippen LogP contribution in [0.25, 0.3) is 0 Å². The van der Waals surface area contributed by atoms with Crippen molar-refractivity contribution in [1.29, 1.82) is 0 Å². The predicted octanol–water partition coefficient (Wildman–Crippen LogP) is 1.98. The smallest absolute Gasteiger partial charge is 0.302 e. The molecule has 1 N–H and O–H groups in total. The van der Waals surface area contributed by atoms with E-state index in [9.17, 15) is 4.79 Å². The first-order chi connectivity index (χ1) is 9.08. The van der Waals surface area contributed by atoms with Gasteiger partial charge in [0.05, 0.1) is 5.70 Å². The minimum atomic E-state index is -0.197. The lowest BCUT2D eigenvalue weighted by atomic mass is 10.2. The number of rotatable bonds is 8. The highest BCUT2D eigenvalue weighted by atomic mass is 32.2. The van der Waals surface area contributed by atoms with Crippen molar-refractivity contribution >= 4 is 17.7 Å². The monoisotopic (exact) mass is 287 g/mol. The number of hydrogen-bond donors (Lipinski definition) is 1. The summed E-state index contributed by atoms with van der Waals surface area (Å²) in [7, 11) is 1.99. The van der Waals surface area contributed by atoms with E-state index in [-0.39, 0.29) is 12.1 Å². The molecule has 0 aromatic carbocycles. The fourth-order valence-corrected chi connectivity index (χ4v) is 2.61. The van der Waals surface area contributed by atoms with Gasteiger partial charge < -0.3 is 10.2 Å². The van der Waals surface area contributed by atoms with Crippen molar-refractivity contribution in [3.63, 3.8) is 0 Å². The maximum Gasteiger partial charge on any atom is 0.302 e. The fourth-order valence-electron chi connectivity index (χ4n) is 1.97. The summed E-state index contributed by atoms with van der Waals surface area (Å²) in [5, 5.41) is 4.18. The average Bonchev–Trinajstić information content (AvgIpc) is 2.72. The molecule has 6 heteroatoms. The largest absolute Gasteiger partial charge is 0.463 e. The second kappa shape index (κ2) is 8.32. The third-order valence-electron chi connectivity index (χ3n) is 3.02. The molecule has 1 aliphatic heterocycles. The number of hydrazine groups is 2. The number of esters is 1. The highest BCUT2D eigenvalue weighted by molar-refractivity contribution is 7.99. The van der Waals surface area contributed by atoms with E-state index in [4.69, 9.17) is 4.74 Å². The van der Waals surface area contributed by atoms with Crippen molar-refractivity contribution in [2.75, 3.05) is 25.1 Å². The molecular weight excluding hydrogens is 262 g/mol. The molecule has 0 aliphatic carbocycles. The zero-order valence-corrected chi connectivity index (χ0v) is 13.1. The summed E-state index contributed by atoms with van der Waals surface area (Å²) in [5.41, 5.74) is 4.46. The van der Waals surface area contributed by atoms with Crippen molar-refractivity contribution in [2.45, 2.75) is 39.7 Å². The second-order valence-electron chi connectivity index (χ2n) is 4.48. The van der Waals surface area contributed by atoms with Crippen molar-refractivity contribution in [2.24, 2.45) is 0 Å². The van der Waals surface area contributed by atoms with Crippen LogP contribution in [0.1, 0.15) is 33.6 Å². The summed E-state index contributed by atoms with van der Waals surface area (Å²) in [6, 6.07) is 0. The van der Waals surface area contributed by atoms with Crippen LogP contribution in [0.2, 0.25) is 0 Å². The summed E-state index contributed by atoms with van der Waals surface area (Å²) in [5.74, 6) is 1.91. The first kappa shape index (κ1) is 16.2. The van der Waals surface area contributed by atoms with Gasteiger partial charge in [-0.3, -0.25) is 9.80 Å². The van der Waals surface area contributed by atoms with Crippen molar-refractivity contribution < 1.29 is 9.53 Å². The molecule has 0 saturated carbocycles. The summed E-state index contributed by atoms with van der Waals surface area (Å²) >= 11 is 1.90. The van der Waals surface area contributed by atoms with Gasteiger partial charge in [0.25, 0.3) is 0 Å². The number of ether oxygens (including phenoxy) is 1. The normalized spacial score (nSPS) is 17.1. The number of thioether (sulfide) groups is 1. The van der Waals surface area contributed by atoms with E-state index in [1.165, 1.54) is 12.6 Å². The van der Waals surface area contributed by atoms with Crippen LogP contribution in [0, 0.1) is 0 Å². The third kappa shape index (κ3) is 5.32. The quantitative estimate of drug-likeness (QED) is 0.689. The Balaban J connectivity index is 2.44. The second-order valence-corrected chi connectivity index (χ2v) is 5.75. The van der Waals surface area contributed by atoms with Gasteiger partial charge in [0.2, 0.25) is 0 Å². The maximum atomic E-state index is 11.0. The molecule has 0 saturated heterocycles. The molecule has 0 spiro atoms. The van der Waals surface area contributed by atoms with Gasteiger partial charge in [0.15, 0.2) is 0 Å². The molecule has 1 rings (SSSR count). The molecule has 0 fully saturated rings. The Hall–Kier alpha value is -0.880. The Kier molecular flexibility index (Phi) is 7.09. The van der Waals surface area contributed by atoms with Gasteiger partial charge in [-0.25, -0.2) is 0 Å². The minimum Gasteiger partial charge on any atom is -0.463 e. The molecular formula is C13H25N3O2S. The average molecular weight is 287 g/mol. The van der Waals surface area contributed by atoms with Gasteiger partial charge in [-0.1, -0.05) is 13.8 Å². The highest BCUT2D eigenvalue weighted by Crippen LogP contribution is 2.18. The third-order valence-corrected chi connectivity index (χ3v) is 3.92. The molecule has 1 heterocycles. The molecule has 0 aromatic heterocycles. The van der Waals surface area contributed by atoms with Crippen LogP contribution in [-0.2, 0) is 9.53 Å². The van der Waals surface area contributed by atoms with Crippen molar-refractivity contribution in [3.05, 3.63) is 11.9 Å². The fraction of sp³-hybridized carbons (Fsp3) is 0.769. The van der Waals surface area contributed by atoms with Crippen molar-refractivity contribution in [1.82, 2.24) is 15.6 Å². The Morgan fingerprint density at radius 3 is 2.84 bits per heavy atom. The number of hydrogen-bond acceptors (Lipinski definition) is 6. The first-order valence-electron chi connectivity index (χ1n) is 6.79. The molecule has 0 amide bonds. The zero-order valence-electron chi connectivity index (χ0n) is 12.3. The Bertz CT molecular complexity index is 323. The SMILES string of the molecule is CCSCC1=CNN(C)N1CCC(CC)OC(C)=O. The van der Waals surface area contributed by atoms with Crippen LogP contribution in [0.3, 0.4) is 0 Å². The van der Waals surface area contributed by atoms with E-state index < -0.39 is 0 Å². The van der Waals surface area contributed by atoms with Crippen LogP contribution < -0.4 is 5.43 Å². The van der Waals surface area contributed by atoms with E-state index in [0.717, 1.165) is 30.9 Å². The summed E-state index contributed by atoms with van der Waals surface area (Å²) in [6.07, 6.45) is 3.74. The summed E-state index contributed by atoms with van der Waals surface area (Å²) in [4.78, 5) is 11.0. The van der Waals surface area contributed by atoms with Crippen LogP contribution >= 0.6 is 11.8 Å². The number of carbonyl (C=O) groups is 1. The molecule has 110 valence electrons. The van der Waals surface area contributed by atoms with Gasteiger partial charge in [0, 0.05) is 38.9 Å². The van der Waals surface area contributed by atoms with E-state index in [2.05, 4.69) is 17.4 Å². The van der Waals surface area contributed by atoms with Crippen molar-refractivity contribution in [3.8, 4) is 0 Å². The predicted molar refractivity (Wildman–Crippen MR) is 79.1 cm³/mol. The Labute approximate surface area is 120 Å². The lowest BCUT2D eigenvalue weighted by Gasteiger charge is -2.29. The van der Waals surface area contributed by atoms with Gasteiger partial charge >= 0.3 is 5.97 Å². The number of nitrogens with zero attached hydrogens (tertiary/aromatic N) is 2. The lowest BCUT2D eigenvalue weighted by Crippen LogP contribution is -2.41. The number of nitrogens with one attached hydrogen (secondary N) is 1. The summed E-state index contributed by atoms with van der Waals surface area (Å²) < 4.78 is 5.28. The molecule has 1 aliphatic rings. The van der Waals surface area contributed by atoms with Crippen LogP contribution in [0.4, 0.5) is 0 Å².